The SMILES string of the molecule is COc1ncc(-c2ccnc(N3CCc4c(sc5c4CCCC5)C3=O)c2CO)cc1Nc1ccc(N2CCN(C3CCN4c5ccc6c(c5OCC4C3)C(=O)N(C3CCC(=O)NC3=O)C6=O)C[C@@H]2C)cn1. The van der Waals surface area contributed by atoms with Crippen molar-refractivity contribution >= 4 is 69.6 Å². The third-order valence-corrected chi connectivity index (χ3v) is 16.9. The molecule has 19 heteroatoms. The predicted molar refractivity (Wildman–Crippen MR) is 265 cm³/mol. The van der Waals surface area contributed by atoms with Crippen LogP contribution in [0.1, 0.15) is 97.4 Å². The van der Waals surface area contributed by atoms with E-state index in [1.54, 1.807) is 41.8 Å². The predicted octanol–water partition coefficient (Wildman–Crippen LogP) is 5.27. The number of fused-ring (bicyclic) bond motifs is 8. The van der Waals surface area contributed by atoms with E-state index in [2.05, 4.69) is 48.3 Å². The summed E-state index contributed by atoms with van der Waals surface area (Å²) in [6, 6.07) is 10.9. The molecule has 6 aliphatic heterocycles. The molecule has 3 N–H and O–H groups in total. The van der Waals surface area contributed by atoms with Gasteiger partial charge in [-0.2, -0.15) is 0 Å². The van der Waals surface area contributed by atoms with Gasteiger partial charge in [-0.1, -0.05) is 0 Å². The quantitative estimate of drug-likeness (QED) is 0.161. The molecule has 3 unspecified atom stereocenters. The number of benzene rings is 1. The Balaban J connectivity index is 0.693. The third-order valence-electron chi connectivity index (χ3n) is 15.6. The van der Waals surface area contributed by atoms with Crippen molar-refractivity contribution in [3.63, 3.8) is 0 Å². The van der Waals surface area contributed by atoms with Crippen molar-refractivity contribution < 1.29 is 38.6 Å². The average molecular weight is 979 g/mol. The molecule has 18 nitrogen and oxygen atoms in total. The number of ether oxygens (including phenoxy) is 2. The number of piperidine rings is 2. The van der Waals surface area contributed by atoms with Gasteiger partial charge in [0.1, 0.15) is 30.0 Å². The molecular weight excluding hydrogens is 925 g/mol. The smallest absolute Gasteiger partial charge is 0.269 e. The number of aromatic nitrogens is 3. The Morgan fingerprint density at radius 1 is 0.859 bits per heavy atom. The lowest BCUT2D eigenvalue weighted by atomic mass is 9.92. The van der Waals surface area contributed by atoms with Crippen LogP contribution in [0, 0.1) is 0 Å². The number of pyridine rings is 3. The maximum atomic E-state index is 14.0. The van der Waals surface area contributed by atoms with Crippen LogP contribution < -0.4 is 34.8 Å². The molecule has 0 saturated carbocycles. The monoisotopic (exact) mass is 978 g/mol. The number of rotatable bonds is 9. The first-order chi connectivity index (χ1) is 34.6. The van der Waals surface area contributed by atoms with E-state index in [9.17, 15) is 29.1 Å². The fourth-order valence-corrected chi connectivity index (χ4v) is 13.5. The summed E-state index contributed by atoms with van der Waals surface area (Å²) < 4.78 is 12.0. The number of nitrogens with zero attached hydrogens (tertiary/aromatic N) is 8. The number of imide groups is 2. The van der Waals surface area contributed by atoms with Crippen LogP contribution in [-0.2, 0) is 35.5 Å². The molecule has 3 saturated heterocycles. The van der Waals surface area contributed by atoms with Crippen LogP contribution in [0.25, 0.3) is 11.1 Å². The summed E-state index contributed by atoms with van der Waals surface area (Å²) in [6.07, 6.45) is 12.4. The summed E-state index contributed by atoms with van der Waals surface area (Å²) >= 11 is 1.63. The highest BCUT2D eigenvalue weighted by molar-refractivity contribution is 7.14. The summed E-state index contributed by atoms with van der Waals surface area (Å²) in [6.45, 7) is 6.16. The Morgan fingerprint density at radius 3 is 2.54 bits per heavy atom. The molecule has 1 aliphatic carbocycles. The van der Waals surface area contributed by atoms with Crippen LogP contribution in [0.5, 0.6) is 11.6 Å². The first kappa shape index (κ1) is 45.2. The fourth-order valence-electron chi connectivity index (χ4n) is 12.1. The molecule has 366 valence electrons. The second-order valence-corrected chi connectivity index (χ2v) is 20.6. The number of aliphatic hydroxyl groups excluding tert-OH is 1. The Morgan fingerprint density at radius 2 is 1.73 bits per heavy atom. The number of amides is 5. The minimum atomic E-state index is -1.03. The van der Waals surface area contributed by atoms with Crippen LogP contribution in [-0.4, -0.2) is 130 Å². The standard InChI is InChI=1S/C52H54N10O8S/c1-28-25-58(30-14-17-60-32(22-30)27-70-45-39(60)9-8-36-44(45)51(67)62(50(36)66)40-10-12-43(64)57-48(40)65)19-20-59(28)31-7-11-42(54-24-31)56-38-21-29(23-55-49(38)69-2)33-13-16-53-47(37(33)26-63)61-18-15-35-34-5-3-4-6-41(34)71-46(35)52(61)68/h7-9,11,13,16,21,23-24,28,30,32,40,63H,3-6,10,12,14-15,17-20,22,25-27H2,1-2H3,(H,54,56)(H,57,64,65)/t28-,30?,32?,40?/m0/s1. The van der Waals surface area contributed by atoms with Crippen molar-refractivity contribution in [1.29, 1.82) is 0 Å². The van der Waals surface area contributed by atoms with E-state index in [4.69, 9.17) is 14.5 Å². The summed E-state index contributed by atoms with van der Waals surface area (Å²) in [4.78, 5) is 91.9. The molecule has 0 bridgehead atoms. The van der Waals surface area contributed by atoms with Crippen LogP contribution in [0.3, 0.4) is 0 Å². The summed E-state index contributed by atoms with van der Waals surface area (Å²) in [7, 11) is 1.57. The Labute approximate surface area is 413 Å². The van der Waals surface area contributed by atoms with Crippen LogP contribution in [0.15, 0.2) is 55.0 Å². The summed E-state index contributed by atoms with van der Waals surface area (Å²) in [5, 5.41) is 16.5. The van der Waals surface area contributed by atoms with Gasteiger partial charge in [-0.05, 0) is 111 Å². The zero-order valence-electron chi connectivity index (χ0n) is 39.6. The van der Waals surface area contributed by atoms with E-state index in [0.29, 0.717) is 53.7 Å². The van der Waals surface area contributed by atoms with Gasteiger partial charge in [0.2, 0.25) is 17.7 Å². The van der Waals surface area contributed by atoms with Gasteiger partial charge in [0.25, 0.3) is 17.7 Å². The van der Waals surface area contributed by atoms with Gasteiger partial charge < -0.3 is 29.7 Å². The molecule has 7 aliphatic rings. The fraction of sp³-hybridized carbons (Fsp3) is 0.423. The Kier molecular flexibility index (Phi) is 11.5. The lowest BCUT2D eigenvalue weighted by molar-refractivity contribution is -0.136. The maximum Gasteiger partial charge on any atom is 0.269 e. The second-order valence-electron chi connectivity index (χ2n) is 19.5. The summed E-state index contributed by atoms with van der Waals surface area (Å²) in [5.41, 5.74) is 7.41. The minimum absolute atomic E-state index is 0.0514. The number of thiophene rings is 1. The summed E-state index contributed by atoms with van der Waals surface area (Å²) in [5.74, 6) is -0.346. The molecule has 1 aromatic carbocycles. The van der Waals surface area contributed by atoms with E-state index in [-0.39, 0.29) is 48.6 Å². The van der Waals surface area contributed by atoms with Gasteiger partial charge in [-0.15, -0.1) is 11.3 Å². The van der Waals surface area contributed by atoms with Gasteiger partial charge in [0.05, 0.1) is 53.3 Å². The van der Waals surface area contributed by atoms with Crippen molar-refractivity contribution in [3.05, 3.63) is 92.6 Å². The number of hydrogen-bond donors (Lipinski definition) is 3. The van der Waals surface area contributed by atoms with Crippen LogP contribution in [0.2, 0.25) is 0 Å². The topological polar surface area (TPSA) is 203 Å². The maximum absolute atomic E-state index is 14.0. The molecule has 4 atom stereocenters. The highest BCUT2D eigenvalue weighted by Gasteiger charge is 2.49. The van der Waals surface area contributed by atoms with Gasteiger partial charge >= 0.3 is 0 Å². The van der Waals surface area contributed by atoms with Crippen LogP contribution in [0.4, 0.5) is 28.7 Å². The van der Waals surface area contributed by atoms with E-state index >= 15 is 0 Å². The van der Waals surface area contributed by atoms with Crippen molar-refractivity contribution in [3.8, 4) is 22.8 Å². The van der Waals surface area contributed by atoms with Crippen molar-refractivity contribution in [2.75, 3.05) is 66.5 Å². The molecule has 5 aromatic rings. The van der Waals surface area contributed by atoms with Crippen LogP contribution >= 0.6 is 11.3 Å². The largest absolute Gasteiger partial charge is 0.488 e. The number of methoxy groups -OCH3 is 1. The number of anilines is 5. The molecule has 10 heterocycles. The van der Waals surface area contributed by atoms with Crippen molar-refractivity contribution in [2.45, 2.75) is 95.5 Å². The zero-order valence-corrected chi connectivity index (χ0v) is 40.4. The number of aryl methyl sites for hydroxylation is 1. The average Bonchev–Trinajstić information content (AvgIpc) is 3.90. The van der Waals surface area contributed by atoms with Gasteiger partial charge in [-0.25, -0.2) is 15.0 Å². The Bertz CT molecular complexity index is 3030. The van der Waals surface area contributed by atoms with E-state index in [1.807, 2.05) is 30.5 Å². The highest BCUT2D eigenvalue weighted by Crippen LogP contribution is 2.46. The molecule has 4 aromatic heterocycles. The molecule has 71 heavy (non-hydrogen) atoms. The van der Waals surface area contributed by atoms with Gasteiger partial charge in [0.15, 0.2) is 5.75 Å². The molecule has 0 radical (unpaired) electrons. The number of nitrogens with one attached hydrogen (secondary N) is 2. The van der Waals surface area contributed by atoms with Gasteiger partial charge in [0, 0.05) is 79.6 Å². The number of carbonyl (C=O) groups excluding carboxylic acids is 5. The number of piperazine rings is 1. The number of aliphatic hydroxyl groups is 1. The van der Waals surface area contributed by atoms with Crippen molar-refractivity contribution in [2.24, 2.45) is 0 Å². The third kappa shape index (κ3) is 7.67. The Hall–Kier alpha value is -6.96. The lowest BCUT2D eigenvalue weighted by Gasteiger charge is -2.50. The normalized spacial score (nSPS) is 23.1. The van der Waals surface area contributed by atoms with E-state index < -0.39 is 29.7 Å². The number of hydrogen-bond acceptors (Lipinski definition) is 16. The lowest BCUT2D eigenvalue weighted by Crippen LogP contribution is -2.59. The molecule has 3 fully saturated rings. The first-order valence-electron chi connectivity index (χ1n) is 24.7. The zero-order chi connectivity index (χ0) is 48.7. The highest BCUT2D eigenvalue weighted by atomic mass is 32.1. The van der Waals surface area contributed by atoms with Crippen molar-refractivity contribution in [1.82, 2.24) is 30.1 Å². The van der Waals surface area contributed by atoms with E-state index in [0.717, 1.165) is 103 Å². The first-order valence-corrected chi connectivity index (χ1v) is 25.5. The molecule has 12 rings (SSSR count). The minimum Gasteiger partial charge on any atom is -0.488 e. The number of carbonyl (C=O) groups is 5. The molecular formula is C52H54N10O8S. The molecule has 5 amide bonds. The van der Waals surface area contributed by atoms with Gasteiger partial charge in [-0.3, -0.25) is 44.0 Å². The van der Waals surface area contributed by atoms with E-state index in [1.165, 1.54) is 16.0 Å². The molecule has 0 spiro atoms. The second kappa shape index (κ2) is 18.0.